The molecule has 1 aliphatic heterocycles. The number of benzene rings is 1. The van der Waals surface area contributed by atoms with Crippen molar-refractivity contribution in [2.45, 2.75) is 32.5 Å². The van der Waals surface area contributed by atoms with Gasteiger partial charge in [-0.1, -0.05) is 12.1 Å². The van der Waals surface area contributed by atoms with Crippen molar-refractivity contribution < 1.29 is 13.9 Å². The van der Waals surface area contributed by atoms with Crippen molar-refractivity contribution in [1.82, 2.24) is 9.80 Å². The van der Waals surface area contributed by atoms with E-state index in [1.807, 2.05) is 31.2 Å². The number of aliphatic hydroxyl groups excluding tert-OH is 1. The van der Waals surface area contributed by atoms with E-state index in [9.17, 15) is 9.50 Å². The van der Waals surface area contributed by atoms with Gasteiger partial charge in [0.05, 0.1) is 6.54 Å². The van der Waals surface area contributed by atoms with Gasteiger partial charge in [-0.3, -0.25) is 9.80 Å². The molecule has 2 aromatic rings. The molecule has 0 amide bonds. The largest absolute Gasteiger partial charge is 0.465 e. The summed E-state index contributed by atoms with van der Waals surface area (Å²) in [5.74, 6) is 1.72. The number of hydrogen-bond acceptors (Lipinski definition) is 4. The van der Waals surface area contributed by atoms with E-state index in [1.165, 1.54) is 12.1 Å². The van der Waals surface area contributed by atoms with Crippen LogP contribution in [-0.2, 0) is 13.1 Å². The molecular formula is C19H25FN2O2. The van der Waals surface area contributed by atoms with Crippen molar-refractivity contribution in [1.29, 1.82) is 0 Å². The molecule has 1 fully saturated rings. The fraction of sp³-hybridized carbons (Fsp3) is 0.474. The first-order valence-corrected chi connectivity index (χ1v) is 8.51. The van der Waals surface area contributed by atoms with E-state index in [4.69, 9.17) is 4.42 Å². The summed E-state index contributed by atoms with van der Waals surface area (Å²) in [5.41, 5.74) is 1.11. The van der Waals surface area contributed by atoms with Crippen molar-refractivity contribution in [3.05, 3.63) is 59.3 Å². The fourth-order valence-electron chi connectivity index (χ4n) is 3.35. The van der Waals surface area contributed by atoms with Gasteiger partial charge in [-0.2, -0.15) is 0 Å². The Kier molecular flexibility index (Phi) is 5.66. The predicted octanol–water partition coefficient (Wildman–Crippen LogP) is 2.80. The van der Waals surface area contributed by atoms with E-state index in [1.54, 1.807) is 0 Å². The van der Waals surface area contributed by atoms with Crippen LogP contribution in [0.1, 0.15) is 23.5 Å². The normalized spacial score (nSPS) is 19.7. The highest BCUT2D eigenvalue weighted by Crippen LogP contribution is 2.19. The summed E-state index contributed by atoms with van der Waals surface area (Å²) >= 11 is 0. The number of aryl methyl sites for hydroxylation is 1. The molecule has 2 heterocycles. The van der Waals surface area contributed by atoms with Crippen LogP contribution in [0.5, 0.6) is 0 Å². The van der Waals surface area contributed by atoms with Gasteiger partial charge in [0.1, 0.15) is 17.3 Å². The summed E-state index contributed by atoms with van der Waals surface area (Å²) in [5, 5.41) is 9.40. The van der Waals surface area contributed by atoms with Crippen LogP contribution in [-0.4, -0.2) is 47.2 Å². The minimum atomic E-state index is -0.204. The highest BCUT2D eigenvalue weighted by molar-refractivity contribution is 5.16. The molecule has 1 atom stereocenters. The highest BCUT2D eigenvalue weighted by Gasteiger charge is 2.27. The zero-order chi connectivity index (χ0) is 16.9. The second kappa shape index (κ2) is 7.92. The number of piperazine rings is 1. The standard InChI is InChI=1S/C19H25FN2O2/c1-15-2-7-19(24-15)14-21-9-10-22(18(13-21)8-11-23)12-16-3-5-17(20)6-4-16/h2-7,18,23H,8-14H2,1H3. The second-order valence-corrected chi connectivity index (χ2v) is 6.51. The van der Waals surface area contributed by atoms with Crippen LogP contribution in [0.4, 0.5) is 4.39 Å². The average molecular weight is 332 g/mol. The molecule has 1 aromatic heterocycles. The Balaban J connectivity index is 1.61. The van der Waals surface area contributed by atoms with Crippen LogP contribution < -0.4 is 0 Å². The van der Waals surface area contributed by atoms with Crippen molar-refractivity contribution in [3.63, 3.8) is 0 Å². The maximum atomic E-state index is 13.1. The topological polar surface area (TPSA) is 39.9 Å². The van der Waals surface area contributed by atoms with Gasteiger partial charge in [0.25, 0.3) is 0 Å². The lowest BCUT2D eigenvalue weighted by molar-refractivity contribution is 0.0467. The molecule has 1 saturated heterocycles. The lowest BCUT2D eigenvalue weighted by Crippen LogP contribution is -2.52. The molecule has 24 heavy (non-hydrogen) atoms. The van der Waals surface area contributed by atoms with Crippen LogP contribution in [0.3, 0.4) is 0 Å². The maximum Gasteiger partial charge on any atom is 0.123 e. The Morgan fingerprint density at radius 3 is 2.58 bits per heavy atom. The molecule has 130 valence electrons. The van der Waals surface area contributed by atoms with E-state index in [0.717, 1.165) is 56.2 Å². The van der Waals surface area contributed by atoms with Gasteiger partial charge in [0.15, 0.2) is 0 Å². The number of hydrogen-bond donors (Lipinski definition) is 1. The molecule has 3 rings (SSSR count). The Morgan fingerprint density at radius 2 is 1.92 bits per heavy atom. The number of furan rings is 1. The molecule has 1 aliphatic rings. The average Bonchev–Trinajstić information content (AvgIpc) is 2.97. The van der Waals surface area contributed by atoms with Crippen molar-refractivity contribution >= 4 is 0 Å². The van der Waals surface area contributed by atoms with E-state index >= 15 is 0 Å². The van der Waals surface area contributed by atoms with E-state index in [-0.39, 0.29) is 12.4 Å². The monoisotopic (exact) mass is 332 g/mol. The molecule has 4 nitrogen and oxygen atoms in total. The highest BCUT2D eigenvalue weighted by atomic mass is 19.1. The first kappa shape index (κ1) is 17.1. The molecule has 1 N–H and O–H groups in total. The van der Waals surface area contributed by atoms with Crippen LogP contribution in [0.25, 0.3) is 0 Å². The first-order chi connectivity index (χ1) is 11.6. The van der Waals surface area contributed by atoms with Gasteiger partial charge >= 0.3 is 0 Å². The molecule has 5 heteroatoms. The molecular weight excluding hydrogens is 307 g/mol. The quantitative estimate of drug-likeness (QED) is 0.883. The van der Waals surface area contributed by atoms with E-state index < -0.39 is 0 Å². The zero-order valence-electron chi connectivity index (χ0n) is 14.1. The predicted molar refractivity (Wildman–Crippen MR) is 91.0 cm³/mol. The van der Waals surface area contributed by atoms with Gasteiger partial charge in [-0.05, 0) is 43.2 Å². The summed E-state index contributed by atoms with van der Waals surface area (Å²) in [4.78, 5) is 4.76. The Morgan fingerprint density at radius 1 is 1.12 bits per heavy atom. The minimum absolute atomic E-state index is 0.179. The van der Waals surface area contributed by atoms with Crippen LogP contribution in [0.2, 0.25) is 0 Å². The third kappa shape index (κ3) is 4.44. The van der Waals surface area contributed by atoms with Crippen LogP contribution in [0.15, 0.2) is 40.8 Å². The van der Waals surface area contributed by atoms with E-state index in [2.05, 4.69) is 9.80 Å². The van der Waals surface area contributed by atoms with Crippen LogP contribution >= 0.6 is 0 Å². The third-order valence-corrected chi connectivity index (χ3v) is 4.63. The molecule has 1 aromatic carbocycles. The number of halogens is 1. The number of aliphatic hydroxyl groups is 1. The van der Waals surface area contributed by atoms with Gasteiger partial charge < -0.3 is 9.52 Å². The smallest absolute Gasteiger partial charge is 0.123 e. The number of rotatable bonds is 6. The maximum absolute atomic E-state index is 13.1. The lowest BCUT2D eigenvalue weighted by Gasteiger charge is -2.41. The third-order valence-electron chi connectivity index (χ3n) is 4.63. The lowest BCUT2D eigenvalue weighted by atomic mass is 10.1. The summed E-state index contributed by atoms with van der Waals surface area (Å²) in [6.45, 7) is 6.53. The molecule has 0 aliphatic carbocycles. The summed E-state index contributed by atoms with van der Waals surface area (Å²) in [7, 11) is 0. The van der Waals surface area contributed by atoms with E-state index in [0.29, 0.717) is 6.04 Å². The minimum Gasteiger partial charge on any atom is -0.465 e. The van der Waals surface area contributed by atoms with Crippen molar-refractivity contribution in [2.75, 3.05) is 26.2 Å². The second-order valence-electron chi connectivity index (χ2n) is 6.51. The Labute approximate surface area is 142 Å². The summed E-state index contributed by atoms with van der Waals surface area (Å²) in [6.07, 6.45) is 0.745. The molecule has 0 saturated carbocycles. The Hall–Kier alpha value is -1.69. The van der Waals surface area contributed by atoms with Gasteiger partial charge in [0.2, 0.25) is 0 Å². The summed E-state index contributed by atoms with van der Waals surface area (Å²) in [6, 6.07) is 11.0. The molecule has 1 unspecified atom stereocenters. The van der Waals surface area contributed by atoms with Gasteiger partial charge in [0, 0.05) is 38.8 Å². The van der Waals surface area contributed by atoms with Gasteiger partial charge in [-0.25, -0.2) is 4.39 Å². The fourth-order valence-corrected chi connectivity index (χ4v) is 3.35. The SMILES string of the molecule is Cc1ccc(CN2CCN(Cc3ccc(F)cc3)C(CCO)C2)o1. The Bertz CT molecular complexity index is 641. The van der Waals surface area contributed by atoms with Crippen molar-refractivity contribution in [2.24, 2.45) is 0 Å². The molecule has 0 spiro atoms. The number of nitrogens with zero attached hydrogens (tertiary/aromatic N) is 2. The first-order valence-electron chi connectivity index (χ1n) is 8.51. The van der Waals surface area contributed by atoms with Crippen LogP contribution in [0, 0.1) is 12.7 Å². The molecule has 0 radical (unpaired) electrons. The molecule has 0 bridgehead atoms. The zero-order valence-corrected chi connectivity index (χ0v) is 14.1. The van der Waals surface area contributed by atoms with Gasteiger partial charge in [-0.15, -0.1) is 0 Å². The summed E-state index contributed by atoms with van der Waals surface area (Å²) < 4.78 is 18.7. The van der Waals surface area contributed by atoms with Crippen molar-refractivity contribution in [3.8, 4) is 0 Å².